The summed E-state index contributed by atoms with van der Waals surface area (Å²) in [6.07, 6.45) is 2.97. The normalized spacial score (nSPS) is 18.3. The molecule has 0 unspecified atom stereocenters. The van der Waals surface area contributed by atoms with Gasteiger partial charge in [-0.1, -0.05) is 11.6 Å². The molecule has 0 amide bonds. The van der Waals surface area contributed by atoms with Gasteiger partial charge in [-0.05, 0) is 12.5 Å². The van der Waals surface area contributed by atoms with E-state index in [0.29, 0.717) is 16.6 Å². The van der Waals surface area contributed by atoms with Crippen molar-refractivity contribution in [2.75, 3.05) is 5.73 Å². The van der Waals surface area contributed by atoms with Crippen molar-refractivity contribution in [3.8, 4) is 22.8 Å². The van der Waals surface area contributed by atoms with Crippen molar-refractivity contribution in [3.05, 3.63) is 23.2 Å². The summed E-state index contributed by atoms with van der Waals surface area (Å²) in [5.74, 6) is 1.58. The monoisotopic (exact) mass is 291 g/mol. The van der Waals surface area contributed by atoms with E-state index in [1.807, 2.05) is 6.07 Å². The van der Waals surface area contributed by atoms with Gasteiger partial charge < -0.3 is 15.2 Å². The lowest BCUT2D eigenvalue weighted by molar-refractivity contribution is -0.138. The molecule has 2 heterocycles. The number of hydrogen-bond acceptors (Lipinski definition) is 4. The second-order valence-corrected chi connectivity index (χ2v) is 5.73. The fourth-order valence-corrected chi connectivity index (χ4v) is 2.85. The van der Waals surface area contributed by atoms with E-state index in [9.17, 15) is 0 Å². The number of halogens is 1. The predicted octanol–water partition coefficient (Wildman–Crippen LogP) is 2.97. The second-order valence-electron chi connectivity index (χ2n) is 5.33. The fourth-order valence-electron chi connectivity index (χ4n) is 2.60. The minimum absolute atomic E-state index is 0.451. The summed E-state index contributed by atoms with van der Waals surface area (Å²) < 4.78 is 13.4. The number of anilines is 1. The molecule has 1 fully saturated rings. The molecular formula is C14H14ClN3O2. The summed E-state index contributed by atoms with van der Waals surface area (Å²) in [6, 6.07) is 5.47. The summed E-state index contributed by atoms with van der Waals surface area (Å²) >= 11 is 6.33. The molecule has 2 aliphatic rings. The topological polar surface area (TPSA) is 62.3 Å². The molecule has 0 radical (unpaired) electrons. The smallest absolute Gasteiger partial charge is 0.251 e. The van der Waals surface area contributed by atoms with Crippen LogP contribution in [0, 0.1) is 0 Å². The van der Waals surface area contributed by atoms with Crippen LogP contribution < -0.4 is 15.2 Å². The molecule has 1 saturated carbocycles. The third-order valence-corrected chi connectivity index (χ3v) is 4.25. The maximum absolute atomic E-state index is 6.33. The maximum Gasteiger partial charge on any atom is 0.251 e. The van der Waals surface area contributed by atoms with Gasteiger partial charge in [-0.3, -0.25) is 4.68 Å². The van der Waals surface area contributed by atoms with Crippen LogP contribution in [-0.2, 0) is 7.05 Å². The summed E-state index contributed by atoms with van der Waals surface area (Å²) in [4.78, 5) is 0. The first kappa shape index (κ1) is 11.9. The van der Waals surface area contributed by atoms with Crippen LogP contribution in [-0.4, -0.2) is 15.6 Å². The number of aromatic nitrogens is 2. The Hall–Kier alpha value is -1.88. The van der Waals surface area contributed by atoms with Crippen LogP contribution in [0.4, 0.5) is 5.82 Å². The molecule has 1 aromatic carbocycles. The van der Waals surface area contributed by atoms with Gasteiger partial charge >= 0.3 is 0 Å². The van der Waals surface area contributed by atoms with E-state index >= 15 is 0 Å². The number of benzene rings is 1. The van der Waals surface area contributed by atoms with Crippen LogP contribution in [0.2, 0.25) is 5.02 Å². The molecule has 2 N–H and O–H groups in total. The van der Waals surface area contributed by atoms with Gasteiger partial charge in [0.15, 0.2) is 11.5 Å². The van der Waals surface area contributed by atoms with Crippen molar-refractivity contribution in [1.82, 2.24) is 9.78 Å². The molecule has 6 heteroatoms. The highest BCUT2D eigenvalue weighted by Gasteiger charge is 2.47. The van der Waals surface area contributed by atoms with Crippen LogP contribution in [0.15, 0.2) is 18.2 Å². The average molecular weight is 292 g/mol. The number of nitrogens with two attached hydrogens (primary N) is 1. The number of nitrogen functional groups attached to an aromatic ring is 1. The highest BCUT2D eigenvalue weighted by Crippen LogP contribution is 2.50. The molecule has 1 aliphatic carbocycles. The number of rotatable bonds is 1. The van der Waals surface area contributed by atoms with Crippen LogP contribution in [0.5, 0.6) is 11.5 Å². The zero-order chi connectivity index (χ0) is 13.9. The van der Waals surface area contributed by atoms with Gasteiger partial charge in [0.25, 0.3) is 5.79 Å². The van der Waals surface area contributed by atoms with Gasteiger partial charge in [0.2, 0.25) is 0 Å². The van der Waals surface area contributed by atoms with E-state index in [0.717, 1.165) is 36.3 Å². The Morgan fingerprint density at radius 2 is 1.95 bits per heavy atom. The van der Waals surface area contributed by atoms with Gasteiger partial charge in [-0.15, -0.1) is 0 Å². The Morgan fingerprint density at radius 3 is 2.50 bits per heavy atom. The SMILES string of the molecule is Cn1nc(-c2cc3c(cc2Cl)OC2(CCC2)O3)cc1N. The maximum atomic E-state index is 6.33. The molecular weight excluding hydrogens is 278 g/mol. The Bertz CT molecular complexity index is 687. The minimum Gasteiger partial charge on any atom is -0.448 e. The second kappa shape index (κ2) is 3.82. The van der Waals surface area contributed by atoms with Crippen LogP contribution >= 0.6 is 11.6 Å². The number of aryl methyl sites for hydroxylation is 1. The lowest BCUT2D eigenvalue weighted by atomic mass is 9.91. The molecule has 1 spiro atoms. The van der Waals surface area contributed by atoms with Crippen LogP contribution in [0.25, 0.3) is 11.3 Å². The number of fused-ring (bicyclic) bond motifs is 1. The molecule has 104 valence electrons. The van der Waals surface area contributed by atoms with E-state index in [1.54, 1.807) is 23.9 Å². The highest BCUT2D eigenvalue weighted by atomic mass is 35.5. The number of nitrogens with zero attached hydrogens (tertiary/aromatic N) is 2. The Morgan fingerprint density at radius 1 is 1.25 bits per heavy atom. The van der Waals surface area contributed by atoms with Crippen molar-refractivity contribution in [2.45, 2.75) is 25.0 Å². The summed E-state index contributed by atoms with van der Waals surface area (Å²) in [6.45, 7) is 0. The highest BCUT2D eigenvalue weighted by molar-refractivity contribution is 6.33. The first-order valence-corrected chi connectivity index (χ1v) is 6.96. The first-order valence-electron chi connectivity index (χ1n) is 6.58. The molecule has 0 saturated heterocycles. The fraction of sp³-hybridized carbons (Fsp3) is 0.357. The van der Waals surface area contributed by atoms with E-state index in [1.165, 1.54) is 0 Å². The standard InChI is InChI=1S/C14H14ClN3O2/c1-18-13(16)7-10(17-18)8-5-11-12(6-9(8)15)20-14(19-11)3-2-4-14/h5-7H,2-4,16H2,1H3. The third-order valence-electron chi connectivity index (χ3n) is 3.93. The quantitative estimate of drug-likeness (QED) is 0.877. The molecule has 0 bridgehead atoms. The van der Waals surface area contributed by atoms with Crippen LogP contribution in [0.3, 0.4) is 0 Å². The van der Waals surface area contributed by atoms with Crippen LogP contribution in [0.1, 0.15) is 19.3 Å². The van der Waals surface area contributed by atoms with Crippen molar-refractivity contribution in [3.63, 3.8) is 0 Å². The molecule has 5 nitrogen and oxygen atoms in total. The van der Waals surface area contributed by atoms with E-state index < -0.39 is 5.79 Å². The molecule has 1 aliphatic heterocycles. The number of ether oxygens (including phenoxy) is 2. The summed E-state index contributed by atoms with van der Waals surface area (Å²) in [5, 5.41) is 4.93. The third kappa shape index (κ3) is 1.59. The Balaban J connectivity index is 1.78. The predicted molar refractivity (Wildman–Crippen MR) is 75.9 cm³/mol. The van der Waals surface area contributed by atoms with Crippen molar-refractivity contribution < 1.29 is 9.47 Å². The van der Waals surface area contributed by atoms with Crippen molar-refractivity contribution in [2.24, 2.45) is 7.05 Å². The first-order chi connectivity index (χ1) is 9.56. The summed E-state index contributed by atoms with van der Waals surface area (Å²) in [5.41, 5.74) is 7.35. The molecule has 20 heavy (non-hydrogen) atoms. The minimum atomic E-state index is -0.451. The van der Waals surface area contributed by atoms with E-state index in [4.69, 9.17) is 26.8 Å². The van der Waals surface area contributed by atoms with Crippen molar-refractivity contribution in [1.29, 1.82) is 0 Å². The Labute approximate surface area is 121 Å². The van der Waals surface area contributed by atoms with Crippen molar-refractivity contribution >= 4 is 17.4 Å². The van der Waals surface area contributed by atoms with Gasteiger partial charge in [0, 0.05) is 37.6 Å². The Kier molecular flexibility index (Phi) is 2.27. The van der Waals surface area contributed by atoms with Gasteiger partial charge in [0.1, 0.15) is 5.82 Å². The largest absolute Gasteiger partial charge is 0.448 e. The molecule has 1 aromatic heterocycles. The molecule has 4 rings (SSSR count). The summed E-state index contributed by atoms with van der Waals surface area (Å²) in [7, 11) is 1.79. The number of hydrogen-bond donors (Lipinski definition) is 1. The van der Waals surface area contributed by atoms with Gasteiger partial charge in [-0.2, -0.15) is 5.10 Å². The molecule has 2 aromatic rings. The molecule has 0 atom stereocenters. The average Bonchev–Trinajstić information content (AvgIpc) is 2.89. The van der Waals surface area contributed by atoms with Gasteiger partial charge in [0.05, 0.1) is 10.7 Å². The lowest BCUT2D eigenvalue weighted by Crippen LogP contribution is -2.45. The van der Waals surface area contributed by atoms with E-state index in [2.05, 4.69) is 5.10 Å². The van der Waals surface area contributed by atoms with E-state index in [-0.39, 0.29) is 0 Å². The zero-order valence-corrected chi connectivity index (χ0v) is 11.8. The lowest BCUT2D eigenvalue weighted by Gasteiger charge is -2.35. The zero-order valence-electron chi connectivity index (χ0n) is 11.0. The van der Waals surface area contributed by atoms with Gasteiger partial charge in [-0.25, -0.2) is 0 Å².